The molecule has 0 saturated carbocycles. The van der Waals surface area contributed by atoms with Gasteiger partial charge in [0, 0.05) is 10.9 Å². The number of carbonyl (C=O) groups is 2. The van der Waals surface area contributed by atoms with Gasteiger partial charge in [-0.25, -0.2) is 4.98 Å². The number of hydrogen-bond donors (Lipinski definition) is 2. The molecule has 0 fully saturated rings. The van der Waals surface area contributed by atoms with Gasteiger partial charge in [-0.3, -0.25) is 9.59 Å². The van der Waals surface area contributed by atoms with Crippen LogP contribution in [0.1, 0.15) is 24.0 Å². The highest BCUT2D eigenvalue weighted by Crippen LogP contribution is 2.30. The molecule has 0 radical (unpaired) electrons. The third kappa shape index (κ3) is 3.79. The van der Waals surface area contributed by atoms with Gasteiger partial charge in [0.05, 0.1) is 17.5 Å². The molecular formula is C19H20N2O3S. The molecule has 0 aliphatic heterocycles. The lowest BCUT2D eigenvalue weighted by Crippen LogP contribution is -2.34. The maximum Gasteiger partial charge on any atom is 0.307 e. The Morgan fingerprint density at radius 2 is 1.92 bits per heavy atom. The molecule has 1 aliphatic carbocycles. The minimum absolute atomic E-state index is 0.279. The molecular weight excluding hydrogens is 336 g/mol. The van der Waals surface area contributed by atoms with Gasteiger partial charge in [0.25, 0.3) is 0 Å². The third-order valence-corrected chi connectivity index (χ3v) is 5.24. The highest BCUT2D eigenvalue weighted by Gasteiger charge is 2.34. The van der Waals surface area contributed by atoms with Crippen LogP contribution in [0.5, 0.6) is 0 Å². The molecule has 2 N–H and O–H groups in total. The lowest BCUT2D eigenvalue weighted by Gasteiger charge is -2.23. The highest BCUT2D eigenvalue weighted by atomic mass is 32.1. The fraction of sp³-hybridized carbons (Fsp3) is 0.316. The molecule has 1 heterocycles. The number of allylic oxidation sites excluding steroid dienone is 2. The van der Waals surface area contributed by atoms with Gasteiger partial charge in [0.1, 0.15) is 0 Å². The summed E-state index contributed by atoms with van der Waals surface area (Å²) in [6.45, 7) is 4.08. The normalized spacial score (nSPS) is 19.6. The van der Waals surface area contributed by atoms with E-state index < -0.39 is 17.8 Å². The first kappa shape index (κ1) is 17.4. The van der Waals surface area contributed by atoms with Gasteiger partial charge in [-0.05, 0) is 32.3 Å². The maximum atomic E-state index is 12.5. The van der Waals surface area contributed by atoms with Gasteiger partial charge in [-0.2, -0.15) is 0 Å². The van der Waals surface area contributed by atoms with E-state index in [1.807, 2.05) is 43.5 Å². The number of aliphatic carboxylic acids is 1. The maximum absolute atomic E-state index is 12.5. The minimum Gasteiger partial charge on any atom is -0.481 e. The molecule has 0 spiro atoms. The Hall–Kier alpha value is -2.47. The molecule has 2 aromatic rings. The summed E-state index contributed by atoms with van der Waals surface area (Å²) in [5.74, 6) is -2.45. The number of aryl methyl sites for hydroxylation is 2. The molecule has 1 amide bonds. The quantitative estimate of drug-likeness (QED) is 0.811. The lowest BCUT2D eigenvalue weighted by atomic mass is 9.82. The summed E-state index contributed by atoms with van der Waals surface area (Å²) >= 11 is 1.35. The smallest absolute Gasteiger partial charge is 0.307 e. The standard InChI is InChI=1S/C19H20N2O3S/c1-11-7-8-13(12(2)9-11)16-10-25-19(20-16)21-17(22)14-5-3-4-6-15(14)18(23)24/h3-4,7-10,14-15H,5-6H2,1-2H3,(H,23,24)(H,20,21,22)/t14-,15+/m1/s1. The number of carboxylic acids is 1. The number of nitrogens with zero attached hydrogens (tertiary/aromatic N) is 1. The van der Waals surface area contributed by atoms with Crippen LogP contribution in [0.3, 0.4) is 0 Å². The molecule has 6 heteroatoms. The summed E-state index contributed by atoms with van der Waals surface area (Å²) in [4.78, 5) is 28.3. The molecule has 25 heavy (non-hydrogen) atoms. The minimum atomic E-state index is -0.931. The average molecular weight is 356 g/mol. The van der Waals surface area contributed by atoms with Crippen molar-refractivity contribution in [1.82, 2.24) is 4.98 Å². The van der Waals surface area contributed by atoms with Gasteiger partial charge >= 0.3 is 5.97 Å². The van der Waals surface area contributed by atoms with E-state index in [1.165, 1.54) is 16.9 Å². The number of carbonyl (C=O) groups excluding carboxylic acids is 1. The van der Waals surface area contributed by atoms with Crippen molar-refractivity contribution in [3.05, 3.63) is 46.9 Å². The van der Waals surface area contributed by atoms with Crippen molar-refractivity contribution in [2.75, 3.05) is 5.32 Å². The third-order valence-electron chi connectivity index (χ3n) is 4.48. The van der Waals surface area contributed by atoms with Crippen molar-refractivity contribution in [3.8, 4) is 11.3 Å². The van der Waals surface area contributed by atoms with Crippen LogP contribution in [0.25, 0.3) is 11.3 Å². The number of carboxylic acid groups (broad SMARTS) is 1. The lowest BCUT2D eigenvalue weighted by molar-refractivity contribution is -0.146. The summed E-state index contributed by atoms with van der Waals surface area (Å²) < 4.78 is 0. The summed E-state index contributed by atoms with van der Waals surface area (Å²) in [7, 11) is 0. The Balaban J connectivity index is 1.76. The van der Waals surface area contributed by atoms with Crippen LogP contribution in [-0.4, -0.2) is 22.0 Å². The summed E-state index contributed by atoms with van der Waals surface area (Å²) in [5.41, 5.74) is 4.17. The van der Waals surface area contributed by atoms with E-state index in [-0.39, 0.29) is 5.91 Å². The van der Waals surface area contributed by atoms with E-state index >= 15 is 0 Å². The number of hydrogen-bond acceptors (Lipinski definition) is 4. The van der Waals surface area contributed by atoms with Crippen LogP contribution in [0.15, 0.2) is 35.7 Å². The topological polar surface area (TPSA) is 79.3 Å². The van der Waals surface area contributed by atoms with Crippen molar-refractivity contribution in [1.29, 1.82) is 0 Å². The Morgan fingerprint density at radius 3 is 2.60 bits per heavy atom. The number of anilines is 1. The van der Waals surface area contributed by atoms with E-state index in [9.17, 15) is 14.7 Å². The van der Waals surface area contributed by atoms with Crippen LogP contribution in [0, 0.1) is 25.7 Å². The Morgan fingerprint density at radius 1 is 1.20 bits per heavy atom. The predicted molar refractivity (Wildman–Crippen MR) is 98.6 cm³/mol. The van der Waals surface area contributed by atoms with Crippen LogP contribution >= 0.6 is 11.3 Å². The monoisotopic (exact) mass is 356 g/mol. The first-order valence-corrected chi connectivity index (χ1v) is 9.05. The molecule has 1 aliphatic rings. The molecule has 0 bridgehead atoms. The highest BCUT2D eigenvalue weighted by molar-refractivity contribution is 7.14. The largest absolute Gasteiger partial charge is 0.481 e. The van der Waals surface area contributed by atoms with Crippen molar-refractivity contribution in [3.63, 3.8) is 0 Å². The Kier molecular flexibility index (Phi) is 4.99. The molecule has 3 rings (SSSR count). The van der Waals surface area contributed by atoms with E-state index in [0.717, 1.165) is 16.8 Å². The first-order valence-electron chi connectivity index (χ1n) is 8.17. The number of benzene rings is 1. The Bertz CT molecular complexity index is 841. The van der Waals surface area contributed by atoms with Crippen LogP contribution < -0.4 is 5.32 Å². The summed E-state index contributed by atoms with van der Waals surface area (Å²) in [5, 5.41) is 14.5. The summed E-state index contributed by atoms with van der Waals surface area (Å²) in [6, 6.07) is 6.15. The fourth-order valence-electron chi connectivity index (χ4n) is 3.13. The van der Waals surface area contributed by atoms with E-state index in [0.29, 0.717) is 18.0 Å². The van der Waals surface area contributed by atoms with Crippen LogP contribution in [0.4, 0.5) is 5.13 Å². The molecule has 5 nitrogen and oxygen atoms in total. The van der Waals surface area contributed by atoms with E-state index in [1.54, 1.807) is 0 Å². The number of thiazole rings is 1. The van der Waals surface area contributed by atoms with Crippen molar-refractivity contribution < 1.29 is 14.7 Å². The van der Waals surface area contributed by atoms with Gasteiger partial charge in [0.15, 0.2) is 5.13 Å². The van der Waals surface area contributed by atoms with Gasteiger partial charge in [-0.15, -0.1) is 11.3 Å². The number of aromatic nitrogens is 1. The second-order valence-corrected chi connectivity index (χ2v) is 7.20. The average Bonchev–Trinajstić information content (AvgIpc) is 3.02. The van der Waals surface area contributed by atoms with Crippen molar-refractivity contribution in [2.24, 2.45) is 11.8 Å². The van der Waals surface area contributed by atoms with Gasteiger partial charge in [-0.1, -0.05) is 35.9 Å². The first-order chi connectivity index (χ1) is 12.0. The zero-order chi connectivity index (χ0) is 18.0. The summed E-state index contributed by atoms with van der Waals surface area (Å²) in [6.07, 6.45) is 4.52. The molecule has 0 saturated heterocycles. The zero-order valence-corrected chi connectivity index (χ0v) is 15.0. The van der Waals surface area contributed by atoms with Crippen molar-refractivity contribution >= 4 is 28.3 Å². The number of amides is 1. The molecule has 0 unspecified atom stereocenters. The Labute approximate surface area is 150 Å². The SMILES string of the molecule is Cc1ccc(-c2csc(NC(=O)[C@@H]3CC=CC[C@@H]3C(=O)O)n2)c(C)c1. The second-order valence-electron chi connectivity index (χ2n) is 6.34. The zero-order valence-electron chi connectivity index (χ0n) is 14.2. The molecule has 2 atom stereocenters. The van der Waals surface area contributed by atoms with E-state index in [2.05, 4.69) is 16.4 Å². The number of nitrogens with one attached hydrogen (secondary N) is 1. The van der Waals surface area contributed by atoms with Crippen LogP contribution in [0.2, 0.25) is 0 Å². The van der Waals surface area contributed by atoms with Gasteiger partial charge < -0.3 is 10.4 Å². The van der Waals surface area contributed by atoms with Crippen molar-refractivity contribution in [2.45, 2.75) is 26.7 Å². The molecule has 1 aromatic carbocycles. The van der Waals surface area contributed by atoms with E-state index in [4.69, 9.17) is 0 Å². The van der Waals surface area contributed by atoms with Gasteiger partial charge in [0.2, 0.25) is 5.91 Å². The fourth-order valence-corrected chi connectivity index (χ4v) is 3.84. The number of rotatable bonds is 4. The molecule has 130 valence electrons. The second kappa shape index (κ2) is 7.19. The van der Waals surface area contributed by atoms with Crippen LogP contribution in [-0.2, 0) is 9.59 Å². The predicted octanol–water partition coefficient (Wildman–Crippen LogP) is 4.03. The molecule has 1 aromatic heterocycles.